The van der Waals surface area contributed by atoms with Gasteiger partial charge in [0, 0.05) is 37.2 Å². The summed E-state index contributed by atoms with van der Waals surface area (Å²) >= 11 is 1.97. The normalized spacial score (nSPS) is 24.4. The van der Waals surface area contributed by atoms with Gasteiger partial charge in [-0.25, -0.2) is 0 Å². The van der Waals surface area contributed by atoms with Crippen molar-refractivity contribution in [2.75, 3.05) is 25.4 Å². The zero-order valence-corrected chi connectivity index (χ0v) is 17.5. The average molecular weight is 381 g/mol. The summed E-state index contributed by atoms with van der Waals surface area (Å²) in [5.41, 5.74) is 0. The van der Waals surface area contributed by atoms with Crippen molar-refractivity contribution in [1.29, 1.82) is 0 Å². The number of hydrogen-bond acceptors (Lipinski definition) is 3. The minimum atomic E-state index is -0.0262. The largest absolute Gasteiger partial charge is 0.342 e. The number of hydrogen-bond donors (Lipinski definition) is 0. The van der Waals surface area contributed by atoms with E-state index in [4.69, 9.17) is 0 Å². The Bertz CT molecular complexity index is 496. The van der Waals surface area contributed by atoms with E-state index >= 15 is 0 Å². The second-order valence-electron chi connectivity index (χ2n) is 8.34. The molecule has 0 aromatic heterocycles. The Morgan fingerprint density at radius 1 is 1.12 bits per heavy atom. The van der Waals surface area contributed by atoms with Crippen LogP contribution in [0.2, 0.25) is 0 Å². The molecule has 3 rings (SSSR count). The SMILES string of the molecule is CCCCC(CC)C(=O)N1CCC2(CC1)SCCN2C(=O)C1CCCC1. The minimum absolute atomic E-state index is 0.0262. The minimum Gasteiger partial charge on any atom is -0.342 e. The fraction of sp³-hybridized carbons (Fsp3) is 0.905. The molecule has 1 spiro atoms. The van der Waals surface area contributed by atoms with Crippen LogP contribution in [0.3, 0.4) is 0 Å². The number of likely N-dealkylation sites (tertiary alicyclic amines) is 1. The molecule has 1 atom stereocenters. The van der Waals surface area contributed by atoms with E-state index in [-0.39, 0.29) is 16.7 Å². The van der Waals surface area contributed by atoms with E-state index in [1.807, 2.05) is 11.8 Å². The molecule has 2 amide bonds. The van der Waals surface area contributed by atoms with Crippen LogP contribution in [0.1, 0.15) is 78.1 Å². The lowest BCUT2D eigenvalue weighted by Crippen LogP contribution is -2.55. The van der Waals surface area contributed by atoms with Crippen molar-refractivity contribution in [1.82, 2.24) is 9.80 Å². The van der Waals surface area contributed by atoms with Gasteiger partial charge in [0.2, 0.25) is 11.8 Å². The zero-order valence-electron chi connectivity index (χ0n) is 16.7. The molecule has 1 saturated carbocycles. The predicted molar refractivity (Wildman–Crippen MR) is 108 cm³/mol. The number of amides is 2. The highest BCUT2D eigenvalue weighted by Gasteiger charge is 2.48. The van der Waals surface area contributed by atoms with Crippen LogP contribution >= 0.6 is 11.8 Å². The zero-order chi connectivity index (χ0) is 18.6. The van der Waals surface area contributed by atoms with E-state index in [0.717, 1.165) is 76.8 Å². The van der Waals surface area contributed by atoms with Gasteiger partial charge >= 0.3 is 0 Å². The number of carbonyl (C=O) groups is 2. The van der Waals surface area contributed by atoms with Crippen molar-refractivity contribution in [3.05, 3.63) is 0 Å². The topological polar surface area (TPSA) is 40.6 Å². The van der Waals surface area contributed by atoms with Crippen molar-refractivity contribution < 1.29 is 9.59 Å². The van der Waals surface area contributed by atoms with E-state index in [9.17, 15) is 9.59 Å². The standard InChI is InChI=1S/C21H36N2O2S/c1-3-5-8-17(4-2)19(24)22-13-11-21(12-14-22)23(15-16-26-21)20(25)18-9-6-7-10-18/h17-18H,3-16H2,1-2H3. The molecule has 148 valence electrons. The van der Waals surface area contributed by atoms with Gasteiger partial charge in [-0.05, 0) is 38.5 Å². The first-order chi connectivity index (χ1) is 12.6. The average Bonchev–Trinajstić information content (AvgIpc) is 3.33. The van der Waals surface area contributed by atoms with Crippen LogP contribution in [0.4, 0.5) is 0 Å². The number of carbonyl (C=O) groups excluding carboxylic acids is 2. The van der Waals surface area contributed by atoms with Crippen LogP contribution < -0.4 is 0 Å². The molecule has 1 unspecified atom stereocenters. The van der Waals surface area contributed by atoms with Crippen LogP contribution in [0.15, 0.2) is 0 Å². The molecule has 3 aliphatic rings. The first-order valence-corrected chi connectivity index (χ1v) is 11.8. The van der Waals surface area contributed by atoms with Gasteiger partial charge in [0.15, 0.2) is 0 Å². The number of piperidine rings is 1. The Labute approximate surface area is 163 Å². The van der Waals surface area contributed by atoms with Gasteiger partial charge in [-0.1, -0.05) is 39.5 Å². The Balaban J connectivity index is 1.59. The molecule has 0 bridgehead atoms. The summed E-state index contributed by atoms with van der Waals surface area (Å²) in [6.07, 6.45) is 10.7. The van der Waals surface area contributed by atoms with E-state index in [1.54, 1.807) is 0 Å². The highest BCUT2D eigenvalue weighted by molar-refractivity contribution is 8.00. The van der Waals surface area contributed by atoms with Crippen LogP contribution in [0.25, 0.3) is 0 Å². The van der Waals surface area contributed by atoms with Gasteiger partial charge in [-0.2, -0.15) is 0 Å². The van der Waals surface area contributed by atoms with Gasteiger partial charge < -0.3 is 9.80 Å². The monoisotopic (exact) mass is 380 g/mol. The van der Waals surface area contributed by atoms with Crippen LogP contribution in [-0.2, 0) is 9.59 Å². The lowest BCUT2D eigenvalue weighted by molar-refractivity contribution is -0.141. The first-order valence-electron chi connectivity index (χ1n) is 10.9. The van der Waals surface area contributed by atoms with E-state index < -0.39 is 0 Å². The maximum atomic E-state index is 13.0. The Morgan fingerprint density at radius 3 is 2.42 bits per heavy atom. The molecule has 1 aliphatic carbocycles. The number of rotatable bonds is 6. The number of unbranched alkanes of at least 4 members (excludes halogenated alkanes) is 1. The molecule has 3 fully saturated rings. The maximum absolute atomic E-state index is 13.0. The second-order valence-corrected chi connectivity index (χ2v) is 9.80. The summed E-state index contributed by atoms with van der Waals surface area (Å²) in [6, 6.07) is 0. The molecule has 4 nitrogen and oxygen atoms in total. The highest BCUT2D eigenvalue weighted by atomic mass is 32.2. The van der Waals surface area contributed by atoms with E-state index in [0.29, 0.717) is 11.8 Å². The van der Waals surface area contributed by atoms with Crippen molar-refractivity contribution in [3.63, 3.8) is 0 Å². The fourth-order valence-corrected chi connectivity index (χ4v) is 6.48. The Hall–Kier alpha value is -0.710. The molecule has 5 heteroatoms. The molecular weight excluding hydrogens is 344 g/mol. The smallest absolute Gasteiger partial charge is 0.226 e. The van der Waals surface area contributed by atoms with Crippen molar-refractivity contribution >= 4 is 23.6 Å². The maximum Gasteiger partial charge on any atom is 0.226 e. The number of nitrogens with zero attached hydrogens (tertiary/aromatic N) is 2. The molecule has 2 aliphatic heterocycles. The number of thioether (sulfide) groups is 1. The van der Waals surface area contributed by atoms with Crippen LogP contribution in [0.5, 0.6) is 0 Å². The lowest BCUT2D eigenvalue weighted by Gasteiger charge is -2.45. The second kappa shape index (κ2) is 8.99. The summed E-state index contributed by atoms with van der Waals surface area (Å²) in [5.74, 6) is 2.27. The molecule has 0 N–H and O–H groups in total. The van der Waals surface area contributed by atoms with E-state index in [2.05, 4.69) is 23.6 Å². The molecule has 2 saturated heterocycles. The van der Waals surface area contributed by atoms with Crippen molar-refractivity contribution in [2.45, 2.75) is 82.9 Å². The van der Waals surface area contributed by atoms with Crippen LogP contribution in [-0.4, -0.2) is 51.9 Å². The molecule has 0 aromatic rings. The van der Waals surface area contributed by atoms with Gasteiger partial charge in [0.25, 0.3) is 0 Å². The summed E-state index contributed by atoms with van der Waals surface area (Å²) in [4.78, 5) is 30.2. The molecule has 0 aromatic carbocycles. The fourth-order valence-electron chi connectivity index (χ4n) is 5.01. The van der Waals surface area contributed by atoms with Crippen LogP contribution in [0, 0.1) is 11.8 Å². The third-order valence-corrected chi connectivity index (χ3v) is 8.31. The highest BCUT2D eigenvalue weighted by Crippen LogP contribution is 2.45. The van der Waals surface area contributed by atoms with Gasteiger partial charge in [0.05, 0.1) is 4.87 Å². The summed E-state index contributed by atoms with van der Waals surface area (Å²) in [6.45, 7) is 6.88. The van der Waals surface area contributed by atoms with Gasteiger partial charge in [0.1, 0.15) is 0 Å². The molecular formula is C21H36N2O2S. The summed E-state index contributed by atoms with van der Waals surface area (Å²) < 4.78 is 0. The summed E-state index contributed by atoms with van der Waals surface area (Å²) in [7, 11) is 0. The van der Waals surface area contributed by atoms with Crippen molar-refractivity contribution in [3.8, 4) is 0 Å². The predicted octanol–water partition coefficient (Wildman–Crippen LogP) is 4.29. The van der Waals surface area contributed by atoms with Gasteiger partial charge in [-0.3, -0.25) is 9.59 Å². The molecule has 0 radical (unpaired) electrons. The Morgan fingerprint density at radius 2 is 1.81 bits per heavy atom. The molecule has 2 heterocycles. The first kappa shape index (κ1) is 20.0. The Kier molecular flexibility index (Phi) is 6.92. The summed E-state index contributed by atoms with van der Waals surface area (Å²) in [5, 5.41) is 0. The molecule has 26 heavy (non-hydrogen) atoms. The lowest BCUT2D eigenvalue weighted by atomic mass is 9.94. The third-order valence-electron chi connectivity index (χ3n) is 6.75. The van der Waals surface area contributed by atoms with E-state index in [1.165, 1.54) is 12.8 Å². The van der Waals surface area contributed by atoms with Gasteiger partial charge in [-0.15, -0.1) is 11.8 Å². The van der Waals surface area contributed by atoms with Crippen molar-refractivity contribution in [2.24, 2.45) is 11.8 Å². The third kappa shape index (κ3) is 4.07. The quantitative estimate of drug-likeness (QED) is 0.690.